The first kappa shape index (κ1) is 11.5. The molecule has 1 atom stereocenters. The van der Waals surface area contributed by atoms with E-state index in [2.05, 4.69) is 0 Å². The van der Waals surface area contributed by atoms with E-state index >= 15 is 0 Å². The van der Waals surface area contributed by atoms with Crippen molar-refractivity contribution in [2.24, 2.45) is 5.41 Å². The van der Waals surface area contributed by atoms with Crippen LogP contribution >= 0.6 is 0 Å². The smallest absolute Gasteiger partial charge is 0.449 e. The van der Waals surface area contributed by atoms with Crippen molar-refractivity contribution in [3.05, 3.63) is 0 Å². The molecular weight excluding hydrogens is 193 g/mol. The van der Waals surface area contributed by atoms with Gasteiger partial charge in [-0.2, -0.15) is 0 Å². The van der Waals surface area contributed by atoms with Crippen LogP contribution in [0, 0.1) is 5.41 Å². The molecule has 1 nitrogen and oxygen atoms in total. The first-order chi connectivity index (χ1) is 4.94. The molecule has 1 aliphatic heterocycles. The molecule has 6 heteroatoms. The first-order valence-corrected chi connectivity index (χ1v) is 3.83. The topological polar surface area (TPSA) is 3.24 Å². The molecule has 0 amide bonds. The predicted molar refractivity (Wildman–Crippen MR) is 37.4 cm³/mol. The van der Waals surface area contributed by atoms with Gasteiger partial charge in [0.1, 0.15) is 0 Å². The second kappa shape index (κ2) is 3.24. The summed E-state index contributed by atoms with van der Waals surface area (Å²) >= 11 is 0. The van der Waals surface area contributed by atoms with Crippen LogP contribution in [0.2, 0.25) is 5.82 Å². The summed E-state index contributed by atoms with van der Waals surface area (Å²) in [5.74, 6) is -0.932. The average molecular weight is 203 g/mol. The average Bonchev–Trinajstić information content (AvgIpc) is 2.37. The Bertz CT molecular complexity index is 190. The largest absolute Gasteiger partial charge is 1.00 e. The van der Waals surface area contributed by atoms with Crippen LogP contribution in [0.3, 0.4) is 0 Å². The van der Waals surface area contributed by atoms with Gasteiger partial charge >= 0.3 is 58.4 Å². The van der Waals surface area contributed by atoms with Crippen molar-refractivity contribution in [1.82, 2.24) is 4.90 Å². The van der Waals surface area contributed by atoms with E-state index in [1.165, 1.54) is 0 Å². The van der Waals surface area contributed by atoms with Gasteiger partial charge in [-0.05, 0) is 12.5 Å². The number of hydrogen-bond acceptors (Lipinski definition) is 1. The molecule has 1 saturated carbocycles. The van der Waals surface area contributed by atoms with E-state index in [4.69, 9.17) is 0 Å². The van der Waals surface area contributed by atoms with E-state index in [0.717, 1.165) is 0 Å². The van der Waals surface area contributed by atoms with E-state index in [1.54, 1.807) is 0 Å². The van der Waals surface area contributed by atoms with Gasteiger partial charge in [0, 0.05) is 13.1 Å². The number of rotatable bonds is 1. The molecule has 1 unspecified atom stereocenters. The SMILES string of the molecule is CN1CC2(CC2[B-](F)(F)F)C1.[K+]. The molecule has 0 aromatic heterocycles. The van der Waals surface area contributed by atoms with E-state index in [9.17, 15) is 12.9 Å². The fourth-order valence-corrected chi connectivity index (χ4v) is 2.31. The molecule has 0 radical (unpaired) electrons. The Morgan fingerprint density at radius 3 is 2.08 bits per heavy atom. The second-order valence-electron chi connectivity index (χ2n) is 3.97. The molecule has 1 spiro atoms. The molecule has 2 aliphatic rings. The number of likely N-dealkylation sites (tertiary alicyclic amines) is 1. The molecule has 1 saturated heterocycles. The maximum absolute atomic E-state index is 12.1. The molecule has 2 fully saturated rings. The zero-order valence-corrected chi connectivity index (χ0v) is 10.5. The molecule has 0 aromatic carbocycles. The van der Waals surface area contributed by atoms with Gasteiger partial charge in [-0.15, -0.1) is 0 Å². The van der Waals surface area contributed by atoms with Crippen LogP contribution in [-0.4, -0.2) is 32.0 Å². The minimum atomic E-state index is -4.55. The number of halogens is 3. The van der Waals surface area contributed by atoms with Crippen LogP contribution in [0.5, 0.6) is 0 Å². The van der Waals surface area contributed by atoms with Crippen LogP contribution in [-0.2, 0) is 0 Å². The van der Waals surface area contributed by atoms with E-state index < -0.39 is 12.8 Å². The van der Waals surface area contributed by atoms with Gasteiger partial charge in [0.25, 0.3) is 0 Å². The summed E-state index contributed by atoms with van der Waals surface area (Å²) in [6.07, 6.45) is 0.390. The fourth-order valence-electron chi connectivity index (χ4n) is 2.31. The summed E-state index contributed by atoms with van der Waals surface area (Å²) in [6.45, 7) is -3.24. The van der Waals surface area contributed by atoms with Crippen LogP contribution in [0.15, 0.2) is 0 Å². The van der Waals surface area contributed by atoms with E-state index in [1.807, 2.05) is 11.9 Å². The quantitative estimate of drug-likeness (QED) is 0.471. The monoisotopic (exact) mass is 203 g/mol. The van der Waals surface area contributed by atoms with Crippen molar-refractivity contribution < 1.29 is 64.3 Å². The van der Waals surface area contributed by atoms with E-state index in [0.29, 0.717) is 19.5 Å². The Hall–Kier alpha value is 1.45. The summed E-state index contributed by atoms with van der Waals surface area (Å²) in [7, 11) is 1.87. The third-order valence-electron chi connectivity index (χ3n) is 2.88. The van der Waals surface area contributed by atoms with Gasteiger partial charge in [0.2, 0.25) is 0 Å². The number of nitrogens with zero attached hydrogens (tertiary/aromatic N) is 1. The van der Waals surface area contributed by atoms with Gasteiger partial charge in [-0.3, -0.25) is 0 Å². The standard InChI is InChI=1S/C6H10BF3N.K/c1-11-3-6(4-11)2-5(6)7(8,9)10;/h5H,2-4H2,1H3;/q-1;+1. The third-order valence-corrected chi connectivity index (χ3v) is 2.88. The van der Waals surface area contributed by atoms with Crippen LogP contribution in [0.25, 0.3) is 0 Å². The van der Waals surface area contributed by atoms with Gasteiger partial charge < -0.3 is 17.8 Å². The van der Waals surface area contributed by atoms with Crippen LogP contribution < -0.4 is 51.4 Å². The molecule has 0 bridgehead atoms. The molecule has 2 rings (SSSR count). The summed E-state index contributed by atoms with van der Waals surface area (Å²) in [5.41, 5.74) is -0.326. The maximum atomic E-state index is 12.1. The first-order valence-electron chi connectivity index (χ1n) is 3.83. The van der Waals surface area contributed by atoms with Gasteiger partial charge in [0.15, 0.2) is 0 Å². The molecular formula is C6H10BF3KN. The summed E-state index contributed by atoms with van der Waals surface area (Å²) in [4.78, 5) is 1.95. The van der Waals surface area contributed by atoms with Crippen molar-refractivity contribution >= 4 is 6.98 Å². The molecule has 1 heterocycles. The maximum Gasteiger partial charge on any atom is 1.00 e. The Balaban J connectivity index is 0.000000720. The minimum Gasteiger partial charge on any atom is -0.449 e. The van der Waals surface area contributed by atoms with Crippen molar-refractivity contribution in [3.63, 3.8) is 0 Å². The van der Waals surface area contributed by atoms with Crippen molar-refractivity contribution in [3.8, 4) is 0 Å². The molecule has 64 valence electrons. The van der Waals surface area contributed by atoms with Gasteiger partial charge in [-0.1, -0.05) is 12.2 Å². The molecule has 1 aliphatic carbocycles. The van der Waals surface area contributed by atoms with Crippen molar-refractivity contribution in [2.75, 3.05) is 20.1 Å². The summed E-state index contributed by atoms with van der Waals surface area (Å²) < 4.78 is 36.4. The van der Waals surface area contributed by atoms with Crippen LogP contribution in [0.1, 0.15) is 6.42 Å². The van der Waals surface area contributed by atoms with Crippen molar-refractivity contribution in [2.45, 2.75) is 12.2 Å². The van der Waals surface area contributed by atoms with Crippen LogP contribution in [0.4, 0.5) is 12.9 Å². The van der Waals surface area contributed by atoms with E-state index in [-0.39, 0.29) is 56.8 Å². The normalized spacial score (nSPS) is 32.5. The van der Waals surface area contributed by atoms with Crippen molar-refractivity contribution in [1.29, 1.82) is 0 Å². The Morgan fingerprint density at radius 1 is 1.33 bits per heavy atom. The minimum absolute atomic E-state index is 0. The second-order valence-corrected chi connectivity index (χ2v) is 3.97. The third kappa shape index (κ3) is 1.79. The number of hydrogen-bond donors (Lipinski definition) is 0. The Morgan fingerprint density at radius 2 is 1.83 bits per heavy atom. The van der Waals surface area contributed by atoms with Gasteiger partial charge in [0.05, 0.1) is 0 Å². The Labute approximate surface area is 113 Å². The fraction of sp³-hybridized carbons (Fsp3) is 1.00. The summed E-state index contributed by atoms with van der Waals surface area (Å²) in [6, 6.07) is 0. The zero-order chi connectivity index (χ0) is 8.28. The zero-order valence-electron chi connectivity index (χ0n) is 7.36. The van der Waals surface area contributed by atoms with Gasteiger partial charge in [-0.25, -0.2) is 0 Å². The molecule has 12 heavy (non-hydrogen) atoms. The molecule has 0 aromatic rings. The predicted octanol–water partition coefficient (Wildman–Crippen LogP) is -1.46. The Kier molecular flexibility index (Phi) is 3.11. The summed E-state index contributed by atoms with van der Waals surface area (Å²) in [5, 5.41) is 0. The molecule has 0 N–H and O–H groups in total.